The van der Waals surface area contributed by atoms with Crippen molar-refractivity contribution in [2.24, 2.45) is 0 Å². The van der Waals surface area contributed by atoms with E-state index in [1.807, 2.05) is 0 Å². The lowest BCUT2D eigenvalue weighted by Gasteiger charge is -2.08. The van der Waals surface area contributed by atoms with Gasteiger partial charge in [-0.1, -0.05) is 46.6 Å². The number of rotatable bonds is 2. The van der Waals surface area contributed by atoms with Gasteiger partial charge in [-0.15, -0.1) is 0 Å². The molecule has 0 unspecified atom stereocenters. The molecule has 0 heterocycles. The van der Waals surface area contributed by atoms with Crippen molar-refractivity contribution < 1.29 is 10.2 Å². The van der Waals surface area contributed by atoms with E-state index < -0.39 is 0 Å². The van der Waals surface area contributed by atoms with Crippen LogP contribution < -0.4 is 0 Å². The Morgan fingerprint density at radius 1 is 0.889 bits per heavy atom. The van der Waals surface area contributed by atoms with Crippen LogP contribution in [0.25, 0.3) is 0 Å². The molecule has 0 aliphatic carbocycles. The summed E-state index contributed by atoms with van der Waals surface area (Å²) in [7, 11) is 0. The molecule has 0 spiro atoms. The SMILES string of the molecule is Oc1cc(Cl)ccc1Sc1ccc(Cl)c(Cl)c1O. The molecule has 94 valence electrons. The predicted molar refractivity (Wildman–Crippen MR) is 75.4 cm³/mol. The number of halogens is 3. The third-order valence-corrected chi connectivity index (χ3v) is 4.32. The fourth-order valence-corrected chi connectivity index (χ4v) is 2.71. The molecule has 0 fully saturated rings. The zero-order chi connectivity index (χ0) is 13.3. The van der Waals surface area contributed by atoms with E-state index in [0.29, 0.717) is 14.8 Å². The molecule has 0 bridgehead atoms. The van der Waals surface area contributed by atoms with E-state index in [0.717, 1.165) is 0 Å². The van der Waals surface area contributed by atoms with Crippen molar-refractivity contribution in [2.75, 3.05) is 0 Å². The smallest absolute Gasteiger partial charge is 0.149 e. The van der Waals surface area contributed by atoms with Crippen LogP contribution in [0.5, 0.6) is 11.5 Å². The van der Waals surface area contributed by atoms with Gasteiger partial charge in [-0.05, 0) is 30.3 Å². The summed E-state index contributed by atoms with van der Waals surface area (Å²) < 4.78 is 0. The molecule has 0 saturated carbocycles. The van der Waals surface area contributed by atoms with E-state index in [4.69, 9.17) is 34.8 Å². The minimum absolute atomic E-state index is 0.0398. The molecule has 2 aromatic carbocycles. The zero-order valence-corrected chi connectivity index (χ0v) is 11.9. The van der Waals surface area contributed by atoms with Crippen LogP contribution in [0.1, 0.15) is 0 Å². The Kier molecular flexibility index (Phi) is 4.17. The van der Waals surface area contributed by atoms with Crippen molar-refractivity contribution in [3.63, 3.8) is 0 Å². The molecule has 2 rings (SSSR count). The molecule has 0 atom stereocenters. The Hall–Kier alpha value is -0.740. The first-order valence-electron chi connectivity index (χ1n) is 4.82. The number of aromatic hydroxyl groups is 2. The highest BCUT2D eigenvalue weighted by Gasteiger charge is 2.12. The quantitative estimate of drug-likeness (QED) is 0.797. The van der Waals surface area contributed by atoms with Gasteiger partial charge in [0.25, 0.3) is 0 Å². The van der Waals surface area contributed by atoms with Gasteiger partial charge >= 0.3 is 0 Å². The van der Waals surface area contributed by atoms with E-state index >= 15 is 0 Å². The summed E-state index contributed by atoms with van der Waals surface area (Å²) in [6, 6.07) is 7.95. The lowest BCUT2D eigenvalue weighted by Crippen LogP contribution is -1.79. The molecular formula is C12H7Cl3O2S. The van der Waals surface area contributed by atoms with Gasteiger partial charge in [-0.25, -0.2) is 0 Å². The number of hydrogen-bond donors (Lipinski definition) is 2. The highest BCUT2D eigenvalue weighted by Crippen LogP contribution is 2.44. The largest absolute Gasteiger partial charge is 0.507 e. The van der Waals surface area contributed by atoms with E-state index in [2.05, 4.69) is 0 Å². The van der Waals surface area contributed by atoms with Crippen molar-refractivity contribution in [3.8, 4) is 11.5 Å². The van der Waals surface area contributed by atoms with Crippen LogP contribution in [0, 0.1) is 0 Å². The first-order chi connectivity index (χ1) is 8.49. The summed E-state index contributed by atoms with van der Waals surface area (Å²) in [5.74, 6) is -0.0681. The van der Waals surface area contributed by atoms with E-state index in [1.54, 1.807) is 24.3 Å². The molecule has 0 radical (unpaired) electrons. The fourth-order valence-electron chi connectivity index (χ4n) is 1.30. The van der Waals surface area contributed by atoms with Crippen molar-refractivity contribution in [2.45, 2.75) is 9.79 Å². The molecule has 6 heteroatoms. The predicted octanol–water partition coefficient (Wildman–Crippen LogP) is 5.21. The van der Waals surface area contributed by atoms with E-state index in [1.165, 1.54) is 17.8 Å². The van der Waals surface area contributed by atoms with Crippen molar-refractivity contribution in [3.05, 3.63) is 45.4 Å². The summed E-state index contributed by atoms with van der Waals surface area (Å²) in [6.07, 6.45) is 0. The van der Waals surface area contributed by atoms with Crippen LogP contribution in [0.2, 0.25) is 15.1 Å². The Bertz CT molecular complexity index is 602. The lowest BCUT2D eigenvalue weighted by molar-refractivity contribution is 0.460. The normalized spacial score (nSPS) is 10.6. The molecule has 2 aromatic rings. The monoisotopic (exact) mass is 320 g/mol. The summed E-state index contributed by atoms with van der Waals surface area (Å²) in [4.78, 5) is 1.06. The van der Waals surface area contributed by atoms with E-state index in [9.17, 15) is 10.2 Å². The topological polar surface area (TPSA) is 40.5 Å². The molecule has 2 nitrogen and oxygen atoms in total. The third-order valence-electron chi connectivity index (χ3n) is 2.17. The van der Waals surface area contributed by atoms with Gasteiger partial charge in [0.1, 0.15) is 16.5 Å². The van der Waals surface area contributed by atoms with E-state index in [-0.39, 0.29) is 21.5 Å². The number of phenolic OH excluding ortho intramolecular Hbond substituents is 2. The van der Waals surface area contributed by atoms with Gasteiger partial charge < -0.3 is 10.2 Å². The Morgan fingerprint density at radius 2 is 1.56 bits per heavy atom. The molecule has 0 aliphatic rings. The molecular weight excluding hydrogens is 315 g/mol. The van der Waals surface area contributed by atoms with Gasteiger partial charge in [0.2, 0.25) is 0 Å². The molecule has 0 saturated heterocycles. The highest BCUT2D eigenvalue weighted by atomic mass is 35.5. The summed E-state index contributed by atoms with van der Waals surface area (Å²) in [5, 5.41) is 20.4. The minimum atomic E-state index is -0.108. The fraction of sp³-hybridized carbons (Fsp3) is 0. The zero-order valence-electron chi connectivity index (χ0n) is 8.82. The van der Waals surface area contributed by atoms with Gasteiger partial charge in [0, 0.05) is 5.02 Å². The summed E-state index contributed by atoms with van der Waals surface area (Å²) in [6.45, 7) is 0. The first kappa shape index (κ1) is 13.7. The van der Waals surface area contributed by atoms with Crippen LogP contribution in [0.4, 0.5) is 0 Å². The average Bonchev–Trinajstić information content (AvgIpc) is 2.33. The summed E-state index contributed by atoms with van der Waals surface area (Å²) in [5.41, 5.74) is 0. The van der Waals surface area contributed by atoms with Crippen molar-refractivity contribution in [1.29, 1.82) is 0 Å². The molecule has 0 aliphatic heterocycles. The molecule has 0 amide bonds. The second-order valence-corrected chi connectivity index (χ2v) is 5.73. The molecule has 0 aromatic heterocycles. The maximum absolute atomic E-state index is 9.84. The van der Waals surface area contributed by atoms with Crippen LogP contribution in [-0.4, -0.2) is 10.2 Å². The van der Waals surface area contributed by atoms with Gasteiger partial charge in [0.05, 0.1) is 14.8 Å². The maximum Gasteiger partial charge on any atom is 0.149 e. The molecule has 2 N–H and O–H groups in total. The average molecular weight is 322 g/mol. The van der Waals surface area contributed by atoms with Gasteiger partial charge in [0.15, 0.2) is 0 Å². The van der Waals surface area contributed by atoms with Gasteiger partial charge in [-0.2, -0.15) is 0 Å². The number of hydrogen-bond acceptors (Lipinski definition) is 3. The lowest BCUT2D eigenvalue weighted by atomic mass is 10.3. The number of phenols is 2. The summed E-state index contributed by atoms with van der Waals surface area (Å²) >= 11 is 18.5. The first-order valence-corrected chi connectivity index (χ1v) is 6.77. The van der Waals surface area contributed by atoms with Crippen molar-refractivity contribution in [1.82, 2.24) is 0 Å². The van der Waals surface area contributed by atoms with Crippen LogP contribution in [0.15, 0.2) is 40.1 Å². The standard InChI is InChI=1S/C12H7Cl3O2S/c13-6-1-3-9(8(16)5-6)18-10-4-2-7(14)11(15)12(10)17/h1-5,16-17H. The van der Waals surface area contributed by atoms with Crippen LogP contribution in [0.3, 0.4) is 0 Å². The maximum atomic E-state index is 9.84. The van der Waals surface area contributed by atoms with Crippen molar-refractivity contribution >= 4 is 46.6 Å². The third kappa shape index (κ3) is 2.81. The highest BCUT2D eigenvalue weighted by molar-refractivity contribution is 7.99. The van der Waals surface area contributed by atoms with Crippen LogP contribution in [-0.2, 0) is 0 Å². The Morgan fingerprint density at radius 3 is 2.22 bits per heavy atom. The Labute approximate surface area is 123 Å². The van der Waals surface area contributed by atoms with Gasteiger partial charge in [-0.3, -0.25) is 0 Å². The minimum Gasteiger partial charge on any atom is -0.507 e. The second-order valence-electron chi connectivity index (χ2n) is 3.42. The number of benzene rings is 2. The van der Waals surface area contributed by atoms with Crippen LogP contribution >= 0.6 is 46.6 Å². The Balaban J connectivity index is 2.37. The molecule has 18 heavy (non-hydrogen) atoms. The second kappa shape index (κ2) is 5.49.